The Morgan fingerprint density at radius 2 is 1.76 bits per heavy atom. The lowest BCUT2D eigenvalue weighted by atomic mass is 10.2. The summed E-state index contributed by atoms with van der Waals surface area (Å²) in [4.78, 5) is 21.8. The van der Waals surface area contributed by atoms with Crippen molar-refractivity contribution in [1.82, 2.24) is 14.2 Å². The largest absolute Gasteiger partial charge is 0.354 e. The predicted octanol–water partition coefficient (Wildman–Crippen LogP) is 3.06. The topological polar surface area (TPSA) is 85.8 Å². The number of halogens is 1. The van der Waals surface area contributed by atoms with Crippen LogP contribution in [0.2, 0.25) is 5.02 Å². The Morgan fingerprint density at radius 3 is 2.42 bits per heavy atom. The van der Waals surface area contributed by atoms with Crippen molar-refractivity contribution in [1.29, 1.82) is 0 Å². The molecule has 33 heavy (non-hydrogen) atoms. The van der Waals surface area contributed by atoms with Crippen molar-refractivity contribution in [2.45, 2.75) is 37.1 Å². The van der Waals surface area contributed by atoms with Crippen LogP contribution in [0.25, 0.3) is 0 Å². The van der Waals surface area contributed by atoms with Crippen molar-refractivity contribution in [3.05, 3.63) is 47.6 Å². The molecule has 2 aromatic rings. The molecule has 0 aliphatic carbocycles. The summed E-state index contributed by atoms with van der Waals surface area (Å²) >= 11 is 6.30. The number of hydrogen-bond donors (Lipinski definition) is 1. The smallest absolute Gasteiger partial charge is 0.243 e. The van der Waals surface area contributed by atoms with Crippen molar-refractivity contribution >= 4 is 39.0 Å². The van der Waals surface area contributed by atoms with Crippen molar-refractivity contribution in [3.8, 4) is 0 Å². The van der Waals surface area contributed by atoms with Gasteiger partial charge in [-0.1, -0.05) is 24.1 Å². The molecule has 0 radical (unpaired) electrons. The Balaban J connectivity index is 1.40. The quantitative estimate of drug-likeness (QED) is 0.668. The summed E-state index contributed by atoms with van der Waals surface area (Å²) in [6, 6.07) is 9.97. The molecular formula is C23H30ClN5O3S. The van der Waals surface area contributed by atoms with Crippen LogP contribution < -0.4 is 10.2 Å². The van der Waals surface area contributed by atoms with Crippen LogP contribution >= 0.6 is 11.6 Å². The first-order valence-corrected chi connectivity index (χ1v) is 13.2. The summed E-state index contributed by atoms with van der Waals surface area (Å²) in [5, 5.41) is 3.16. The minimum atomic E-state index is -3.61. The Labute approximate surface area is 200 Å². The molecule has 1 aromatic heterocycles. The van der Waals surface area contributed by atoms with Gasteiger partial charge in [0.1, 0.15) is 5.82 Å². The van der Waals surface area contributed by atoms with Gasteiger partial charge in [-0.25, -0.2) is 13.4 Å². The number of piperazine rings is 1. The molecule has 1 N–H and O–H groups in total. The molecule has 0 unspecified atom stereocenters. The van der Waals surface area contributed by atoms with Crippen molar-refractivity contribution in [2.24, 2.45) is 0 Å². The van der Waals surface area contributed by atoms with E-state index >= 15 is 0 Å². The molecule has 10 heteroatoms. The number of nitrogens with zero attached hydrogens (tertiary/aromatic N) is 4. The average Bonchev–Trinajstić information content (AvgIpc) is 2.86. The van der Waals surface area contributed by atoms with Crippen molar-refractivity contribution in [2.75, 3.05) is 49.5 Å². The van der Waals surface area contributed by atoms with Crippen molar-refractivity contribution < 1.29 is 13.2 Å². The number of amides is 1. The molecule has 1 amide bonds. The fourth-order valence-electron chi connectivity index (χ4n) is 4.30. The van der Waals surface area contributed by atoms with Gasteiger partial charge >= 0.3 is 0 Å². The van der Waals surface area contributed by atoms with E-state index in [1.807, 2.05) is 25.1 Å². The lowest BCUT2D eigenvalue weighted by Gasteiger charge is -2.38. The minimum Gasteiger partial charge on any atom is -0.354 e. The number of carbonyl (C=O) groups excluding carboxylic acids is 1. The fourth-order valence-corrected chi connectivity index (χ4v) is 6.01. The van der Waals surface area contributed by atoms with Crippen LogP contribution in [0.3, 0.4) is 0 Å². The van der Waals surface area contributed by atoms with E-state index in [0.29, 0.717) is 23.8 Å². The summed E-state index contributed by atoms with van der Waals surface area (Å²) in [6.45, 7) is 5.90. The number of carbonyl (C=O) groups is 1. The maximum Gasteiger partial charge on any atom is 0.243 e. The molecule has 3 heterocycles. The third-order valence-corrected chi connectivity index (χ3v) is 8.59. The van der Waals surface area contributed by atoms with E-state index in [1.165, 1.54) is 22.5 Å². The number of aromatic nitrogens is 1. The van der Waals surface area contributed by atoms with Gasteiger partial charge in [0, 0.05) is 45.5 Å². The SMILES string of the molecule is C[C@@H](C(=O)Nc1cc(S(=O)(=O)N2CCCCC2)ccc1Cl)N1CCN(c2ccccn2)CC1. The van der Waals surface area contributed by atoms with Gasteiger partial charge in [0.25, 0.3) is 0 Å². The van der Waals surface area contributed by atoms with Crippen LogP contribution in [-0.4, -0.2) is 73.8 Å². The van der Waals surface area contributed by atoms with Gasteiger partial charge in [-0.15, -0.1) is 0 Å². The van der Waals surface area contributed by atoms with Crippen molar-refractivity contribution in [3.63, 3.8) is 0 Å². The summed E-state index contributed by atoms with van der Waals surface area (Å²) < 4.78 is 27.5. The summed E-state index contributed by atoms with van der Waals surface area (Å²) in [5.74, 6) is 0.725. The third kappa shape index (κ3) is 5.48. The van der Waals surface area contributed by atoms with Crippen LogP contribution in [0.5, 0.6) is 0 Å². The monoisotopic (exact) mass is 491 g/mol. The second-order valence-corrected chi connectivity index (χ2v) is 10.8. The zero-order chi connectivity index (χ0) is 23.4. The van der Waals surface area contributed by atoms with E-state index in [0.717, 1.165) is 51.3 Å². The lowest BCUT2D eigenvalue weighted by Crippen LogP contribution is -2.53. The Morgan fingerprint density at radius 1 is 1.03 bits per heavy atom. The standard InChI is InChI=1S/C23H30ClN5O3S/c1-18(27-13-15-28(16-14-27)22-7-3-4-10-25-22)23(30)26-21-17-19(8-9-20(21)24)33(31,32)29-11-5-2-6-12-29/h3-4,7-10,17-18H,2,5-6,11-16H2,1H3,(H,26,30)/t18-/m0/s1. The third-order valence-electron chi connectivity index (χ3n) is 6.36. The number of anilines is 2. The van der Waals surface area contributed by atoms with Gasteiger partial charge in [-0.3, -0.25) is 9.69 Å². The number of hydrogen-bond acceptors (Lipinski definition) is 6. The predicted molar refractivity (Wildman–Crippen MR) is 130 cm³/mol. The minimum absolute atomic E-state index is 0.153. The van der Waals surface area contributed by atoms with E-state index in [2.05, 4.69) is 20.1 Å². The van der Waals surface area contributed by atoms with E-state index in [4.69, 9.17) is 11.6 Å². The highest BCUT2D eigenvalue weighted by atomic mass is 35.5. The first kappa shape index (κ1) is 23.9. The highest BCUT2D eigenvalue weighted by Gasteiger charge is 2.29. The van der Waals surface area contributed by atoms with E-state index in [-0.39, 0.29) is 16.8 Å². The number of benzene rings is 1. The van der Waals surface area contributed by atoms with Gasteiger partial charge in [-0.2, -0.15) is 4.31 Å². The van der Waals surface area contributed by atoms with Crippen LogP contribution in [0.15, 0.2) is 47.5 Å². The number of rotatable bonds is 6. The molecule has 2 aliphatic heterocycles. The molecule has 8 nitrogen and oxygen atoms in total. The number of pyridine rings is 1. The average molecular weight is 492 g/mol. The molecule has 0 saturated carbocycles. The summed E-state index contributed by atoms with van der Waals surface area (Å²) in [5.41, 5.74) is 0.318. The molecule has 2 fully saturated rings. The van der Waals surface area contributed by atoms with Crippen LogP contribution in [-0.2, 0) is 14.8 Å². The maximum absolute atomic E-state index is 13.0. The van der Waals surface area contributed by atoms with Gasteiger partial charge in [-0.05, 0) is 50.1 Å². The Bertz CT molecular complexity index is 1070. The summed E-state index contributed by atoms with van der Waals surface area (Å²) in [6.07, 6.45) is 4.55. The van der Waals surface area contributed by atoms with Crippen LogP contribution in [0.4, 0.5) is 11.5 Å². The molecule has 178 valence electrons. The molecule has 4 rings (SSSR count). The van der Waals surface area contributed by atoms with Gasteiger partial charge < -0.3 is 10.2 Å². The maximum atomic E-state index is 13.0. The molecule has 0 spiro atoms. The fraction of sp³-hybridized carbons (Fsp3) is 0.478. The first-order valence-electron chi connectivity index (χ1n) is 11.4. The highest BCUT2D eigenvalue weighted by molar-refractivity contribution is 7.89. The summed E-state index contributed by atoms with van der Waals surface area (Å²) in [7, 11) is -3.61. The molecule has 2 saturated heterocycles. The number of sulfonamides is 1. The Hall–Kier alpha value is -2.20. The van der Waals surface area contributed by atoms with E-state index in [9.17, 15) is 13.2 Å². The normalized spacial score (nSPS) is 19.3. The van der Waals surface area contributed by atoms with E-state index in [1.54, 1.807) is 6.20 Å². The second kappa shape index (κ2) is 10.4. The van der Waals surface area contributed by atoms with Gasteiger partial charge in [0.05, 0.1) is 21.6 Å². The van der Waals surface area contributed by atoms with Crippen LogP contribution in [0, 0.1) is 0 Å². The molecule has 2 aliphatic rings. The molecule has 1 atom stereocenters. The van der Waals surface area contributed by atoms with Crippen LogP contribution in [0.1, 0.15) is 26.2 Å². The first-order chi connectivity index (χ1) is 15.9. The molecular weight excluding hydrogens is 462 g/mol. The van der Waals surface area contributed by atoms with Gasteiger partial charge in [0.2, 0.25) is 15.9 Å². The zero-order valence-corrected chi connectivity index (χ0v) is 20.4. The zero-order valence-electron chi connectivity index (χ0n) is 18.8. The van der Waals surface area contributed by atoms with E-state index < -0.39 is 10.0 Å². The highest BCUT2D eigenvalue weighted by Crippen LogP contribution is 2.28. The lowest BCUT2D eigenvalue weighted by molar-refractivity contribution is -0.120. The second-order valence-electron chi connectivity index (χ2n) is 8.48. The number of piperidine rings is 1. The molecule has 1 aromatic carbocycles. The van der Waals surface area contributed by atoms with Gasteiger partial charge in [0.15, 0.2) is 0 Å². The number of nitrogens with one attached hydrogen (secondary N) is 1. The molecule has 0 bridgehead atoms. The Kier molecular flexibility index (Phi) is 7.53.